The third-order valence-electron chi connectivity index (χ3n) is 4.33. The van der Waals surface area contributed by atoms with Crippen molar-refractivity contribution in [3.63, 3.8) is 0 Å². The second kappa shape index (κ2) is 31.3. The van der Waals surface area contributed by atoms with Crippen molar-refractivity contribution < 1.29 is 39.9 Å². The van der Waals surface area contributed by atoms with Crippen molar-refractivity contribution in [1.82, 2.24) is 0 Å². The van der Waals surface area contributed by atoms with E-state index in [0.29, 0.717) is 6.42 Å². The topological polar surface area (TPSA) is 158 Å². The Morgan fingerprint density at radius 2 is 1.00 bits per heavy atom. The minimum Gasteiger partial charge on any atom is -0.547 e. The molecule has 0 aromatic carbocycles. The number of unbranched alkanes of at least 4 members (excludes halogenated alkanes) is 11. The molecule has 3 N–H and O–H groups in total. The second-order valence-electron chi connectivity index (χ2n) is 7.72. The van der Waals surface area contributed by atoms with E-state index in [4.69, 9.17) is 15.3 Å². The summed E-state index contributed by atoms with van der Waals surface area (Å²) in [6.45, 7) is 4.53. The minimum absolute atomic E-state index is 0. The Morgan fingerprint density at radius 3 is 1.30 bits per heavy atom. The first-order valence-corrected chi connectivity index (χ1v) is 11.7. The maximum atomic E-state index is 10.3. The van der Waals surface area contributed by atoms with Gasteiger partial charge in [0.25, 0.3) is 0 Å². The third kappa shape index (κ3) is 45.5. The van der Waals surface area contributed by atoms with Crippen LogP contribution in [0.3, 0.4) is 0 Å². The number of carbonyl (C=O) groups is 3. The summed E-state index contributed by atoms with van der Waals surface area (Å²) in [5, 5.41) is 43.1. The summed E-state index contributed by atoms with van der Waals surface area (Å²) in [6, 6.07) is 0. The van der Waals surface area contributed by atoms with Crippen molar-refractivity contribution in [2.24, 2.45) is 0 Å². The van der Waals surface area contributed by atoms with E-state index < -0.39 is 30.1 Å². The SMILES string of the molecule is CC(O)C(=O)[O-].CC(O)C(=O)[O-].CCCCCCCC/C=C\CCCCCCCC(=O)O.[Ca+2]. The number of hydrogen-bond donors (Lipinski definition) is 3. The van der Waals surface area contributed by atoms with Crippen molar-refractivity contribution in [3.8, 4) is 0 Å². The van der Waals surface area contributed by atoms with Crippen molar-refractivity contribution in [2.75, 3.05) is 0 Å². The van der Waals surface area contributed by atoms with Gasteiger partial charge < -0.3 is 35.1 Å². The second-order valence-corrected chi connectivity index (χ2v) is 7.72. The van der Waals surface area contributed by atoms with Crippen LogP contribution >= 0.6 is 0 Å². The molecule has 2 atom stereocenters. The number of carboxylic acid groups (broad SMARTS) is 3. The van der Waals surface area contributed by atoms with Crippen LogP contribution < -0.4 is 10.2 Å². The molecule has 0 aliphatic heterocycles. The third-order valence-corrected chi connectivity index (χ3v) is 4.33. The van der Waals surface area contributed by atoms with Crippen LogP contribution in [0, 0.1) is 0 Å². The monoisotopic (exact) mass is 500 g/mol. The summed E-state index contributed by atoms with van der Waals surface area (Å²) in [5.74, 6) is -3.53. The summed E-state index contributed by atoms with van der Waals surface area (Å²) < 4.78 is 0. The molecule has 0 aromatic heterocycles. The quantitative estimate of drug-likeness (QED) is 0.155. The number of carbonyl (C=O) groups excluding carboxylic acids is 2. The molecule has 0 bridgehead atoms. The Morgan fingerprint density at radius 1 is 0.697 bits per heavy atom. The Balaban J connectivity index is -0.000000266. The first-order chi connectivity index (χ1) is 15.1. The van der Waals surface area contributed by atoms with E-state index in [0.717, 1.165) is 26.7 Å². The smallest absolute Gasteiger partial charge is 0.547 e. The summed E-state index contributed by atoms with van der Waals surface area (Å²) in [5.41, 5.74) is 0. The van der Waals surface area contributed by atoms with Gasteiger partial charge in [-0.15, -0.1) is 0 Å². The maximum Gasteiger partial charge on any atom is 2.00 e. The van der Waals surface area contributed by atoms with Gasteiger partial charge in [0.15, 0.2) is 0 Å². The number of rotatable bonds is 17. The summed E-state index contributed by atoms with van der Waals surface area (Å²) in [4.78, 5) is 29.0. The van der Waals surface area contributed by atoms with Crippen LogP contribution in [0.25, 0.3) is 0 Å². The fourth-order valence-corrected chi connectivity index (χ4v) is 2.35. The number of hydrogen-bond acceptors (Lipinski definition) is 7. The molecule has 33 heavy (non-hydrogen) atoms. The number of aliphatic carboxylic acids is 3. The van der Waals surface area contributed by atoms with Gasteiger partial charge in [-0.3, -0.25) is 4.79 Å². The summed E-state index contributed by atoms with van der Waals surface area (Å²) >= 11 is 0. The number of aliphatic hydroxyl groups is 2. The molecule has 0 aliphatic carbocycles. The Hall–Kier alpha value is -0.670. The van der Waals surface area contributed by atoms with Crippen LogP contribution in [-0.2, 0) is 14.4 Å². The van der Waals surface area contributed by atoms with E-state index in [1.807, 2.05) is 0 Å². The molecule has 0 aliphatic rings. The fourth-order valence-electron chi connectivity index (χ4n) is 2.35. The van der Waals surface area contributed by atoms with Crippen LogP contribution in [0.15, 0.2) is 12.2 Å². The molecule has 0 radical (unpaired) electrons. The number of allylic oxidation sites excluding steroid dienone is 2. The van der Waals surface area contributed by atoms with Gasteiger partial charge in [-0.05, 0) is 46.0 Å². The molecule has 9 heteroatoms. The molecule has 0 rings (SSSR count). The van der Waals surface area contributed by atoms with Crippen LogP contribution in [0.4, 0.5) is 0 Å². The molecule has 8 nitrogen and oxygen atoms in total. The number of carboxylic acids is 3. The average molecular weight is 501 g/mol. The van der Waals surface area contributed by atoms with Crippen molar-refractivity contribution in [1.29, 1.82) is 0 Å². The van der Waals surface area contributed by atoms with Gasteiger partial charge in [0, 0.05) is 6.42 Å². The zero-order chi connectivity index (χ0) is 25.2. The number of aliphatic hydroxyl groups excluding tert-OH is 2. The fraction of sp³-hybridized carbons (Fsp3) is 0.792. The van der Waals surface area contributed by atoms with E-state index in [1.54, 1.807) is 0 Å². The normalized spacial score (nSPS) is 11.8. The van der Waals surface area contributed by atoms with Crippen LogP contribution in [0.5, 0.6) is 0 Å². The average Bonchev–Trinajstić information content (AvgIpc) is 2.71. The Kier molecular flexibility index (Phi) is 37.5. The standard InChI is InChI=1S/C18H34O2.2C3H6O3.Ca/c1-2-3-4-5-6-7-8-9-10-11-12-13-14-15-16-17-18(19)20;2*1-2(4)3(5)6;/h9-10H,2-8,11-17H2,1H3,(H,19,20);2*2,4H,1H3,(H,5,6);/q;;;+2/p-2/b10-9-;;;. The molecule has 0 saturated carbocycles. The molecular formula is C24H44CaO8. The van der Waals surface area contributed by atoms with Gasteiger partial charge in [0.2, 0.25) is 0 Å². The van der Waals surface area contributed by atoms with Gasteiger partial charge in [-0.25, -0.2) is 0 Å². The molecule has 2 unspecified atom stereocenters. The first-order valence-electron chi connectivity index (χ1n) is 11.7. The van der Waals surface area contributed by atoms with E-state index in [2.05, 4.69) is 19.1 Å². The van der Waals surface area contributed by atoms with E-state index in [-0.39, 0.29) is 37.7 Å². The van der Waals surface area contributed by atoms with Crippen molar-refractivity contribution >= 4 is 55.6 Å². The summed E-state index contributed by atoms with van der Waals surface area (Å²) in [6.07, 6.45) is 18.6. The van der Waals surface area contributed by atoms with Crippen molar-refractivity contribution in [2.45, 2.75) is 123 Å². The predicted octanol–water partition coefficient (Wildman–Crippen LogP) is 1.96. The Bertz CT molecular complexity index is 461. The largest absolute Gasteiger partial charge is 2.00 e. The van der Waals surface area contributed by atoms with Crippen LogP contribution in [0.1, 0.15) is 111 Å². The molecule has 190 valence electrons. The molecule has 0 heterocycles. The summed E-state index contributed by atoms with van der Waals surface area (Å²) in [7, 11) is 0. The van der Waals surface area contributed by atoms with Gasteiger partial charge in [-0.2, -0.15) is 0 Å². The van der Waals surface area contributed by atoms with E-state index >= 15 is 0 Å². The molecule has 0 amide bonds. The zero-order valence-electron chi connectivity index (χ0n) is 20.8. The van der Waals surface area contributed by atoms with E-state index in [9.17, 15) is 24.6 Å². The van der Waals surface area contributed by atoms with E-state index in [1.165, 1.54) is 70.6 Å². The van der Waals surface area contributed by atoms with Gasteiger partial charge in [0.05, 0.1) is 24.1 Å². The minimum atomic E-state index is -1.44. The van der Waals surface area contributed by atoms with Crippen molar-refractivity contribution in [3.05, 3.63) is 12.2 Å². The molecule has 0 spiro atoms. The molecule has 0 aromatic rings. The molecular weight excluding hydrogens is 456 g/mol. The van der Waals surface area contributed by atoms with Gasteiger partial charge in [0.1, 0.15) is 0 Å². The predicted molar refractivity (Wildman–Crippen MR) is 126 cm³/mol. The van der Waals surface area contributed by atoms with Gasteiger partial charge >= 0.3 is 43.7 Å². The zero-order valence-corrected chi connectivity index (χ0v) is 23.0. The maximum absolute atomic E-state index is 10.3. The Labute approximate surface area is 229 Å². The van der Waals surface area contributed by atoms with Gasteiger partial charge in [-0.1, -0.05) is 70.4 Å². The van der Waals surface area contributed by atoms with Crippen LogP contribution in [0.2, 0.25) is 0 Å². The van der Waals surface area contributed by atoms with Crippen LogP contribution in [-0.4, -0.2) is 83.2 Å². The molecule has 0 saturated heterocycles. The molecule has 0 fully saturated rings. The first kappa shape index (κ1) is 39.5.